The molecule has 1 heterocycles. The highest BCUT2D eigenvalue weighted by Gasteiger charge is 2.28. The number of amides is 1. The van der Waals surface area contributed by atoms with E-state index >= 15 is 0 Å². The van der Waals surface area contributed by atoms with Crippen molar-refractivity contribution in [2.24, 2.45) is 4.99 Å². The van der Waals surface area contributed by atoms with Crippen molar-refractivity contribution >= 4 is 51.9 Å². The molecule has 2 aromatic carbocycles. The number of rotatable bonds is 5. The number of benzene rings is 2. The molecule has 0 spiro atoms. The fourth-order valence-electron chi connectivity index (χ4n) is 2.56. The van der Waals surface area contributed by atoms with Crippen molar-refractivity contribution < 1.29 is 19.6 Å². The zero-order valence-corrected chi connectivity index (χ0v) is 17.0. The topological polar surface area (TPSA) is 114 Å². The van der Waals surface area contributed by atoms with Crippen molar-refractivity contribution in [3.63, 3.8) is 0 Å². The van der Waals surface area contributed by atoms with Crippen molar-refractivity contribution in [3.8, 4) is 11.5 Å². The monoisotopic (exact) mass is 433 g/mol. The van der Waals surface area contributed by atoms with Gasteiger partial charge in [-0.1, -0.05) is 17.7 Å². The number of carbonyl (C=O) groups excluding carboxylic acids is 1. The van der Waals surface area contributed by atoms with Gasteiger partial charge in [0.05, 0.1) is 27.7 Å². The number of thioether (sulfide) groups is 1. The summed E-state index contributed by atoms with van der Waals surface area (Å²) in [6, 6.07) is 7.89. The fourth-order valence-corrected chi connectivity index (χ4v) is 3.56. The van der Waals surface area contributed by atoms with Gasteiger partial charge in [0.15, 0.2) is 10.9 Å². The Morgan fingerprint density at radius 1 is 1.38 bits per heavy atom. The Bertz CT molecular complexity index is 1070. The summed E-state index contributed by atoms with van der Waals surface area (Å²) in [5.74, 6) is -1.02. The number of phenolic OH excluding ortho intramolecular Hbond substituents is 1. The number of carbonyl (C=O) groups is 1. The van der Waals surface area contributed by atoms with Gasteiger partial charge >= 0.3 is 5.69 Å². The van der Waals surface area contributed by atoms with Gasteiger partial charge in [-0.15, -0.1) is 0 Å². The summed E-state index contributed by atoms with van der Waals surface area (Å²) in [4.78, 5) is 27.7. The molecular formula is C19H16ClN3O5S. The van der Waals surface area contributed by atoms with Crippen molar-refractivity contribution in [2.75, 3.05) is 6.61 Å². The van der Waals surface area contributed by atoms with Gasteiger partial charge in [0.2, 0.25) is 5.75 Å². The molecule has 2 aromatic rings. The number of aryl methyl sites for hydroxylation is 1. The average Bonchev–Trinajstić information content (AvgIpc) is 3.00. The van der Waals surface area contributed by atoms with Crippen molar-refractivity contribution in [1.29, 1.82) is 0 Å². The molecule has 0 aliphatic carbocycles. The van der Waals surface area contributed by atoms with Gasteiger partial charge in [-0.05, 0) is 61.5 Å². The Morgan fingerprint density at radius 3 is 2.79 bits per heavy atom. The second-order valence-electron chi connectivity index (χ2n) is 5.96. The van der Waals surface area contributed by atoms with E-state index in [1.54, 1.807) is 19.1 Å². The number of aliphatic imine (C=N–C) groups is 1. The molecule has 2 N–H and O–H groups in total. The Balaban J connectivity index is 1.96. The van der Waals surface area contributed by atoms with E-state index < -0.39 is 16.5 Å². The minimum absolute atomic E-state index is 0.133. The highest BCUT2D eigenvalue weighted by molar-refractivity contribution is 8.18. The number of hydrogen-bond donors (Lipinski definition) is 2. The first-order valence-electron chi connectivity index (χ1n) is 8.49. The quantitative estimate of drug-likeness (QED) is 0.406. The third kappa shape index (κ3) is 4.52. The first-order valence-corrected chi connectivity index (χ1v) is 9.68. The van der Waals surface area contributed by atoms with Crippen LogP contribution in [0.4, 0.5) is 11.4 Å². The van der Waals surface area contributed by atoms with Crippen LogP contribution in [-0.4, -0.2) is 27.7 Å². The third-order valence-corrected chi connectivity index (χ3v) is 5.25. The maximum absolute atomic E-state index is 12.3. The van der Waals surface area contributed by atoms with E-state index in [9.17, 15) is 20.0 Å². The van der Waals surface area contributed by atoms with E-state index in [4.69, 9.17) is 16.3 Å². The smallest absolute Gasteiger partial charge is 0.322 e. The second-order valence-corrected chi connectivity index (χ2v) is 7.39. The number of nitro benzene ring substituents is 1. The molecule has 0 saturated carbocycles. The van der Waals surface area contributed by atoms with Crippen LogP contribution in [0.1, 0.15) is 18.1 Å². The SMILES string of the molecule is CCOc1c(O)ccc(/C=C2/SC(=Nc3ccc(C)c(Cl)c3)NC2=O)c1[N+](=O)[O-]. The molecule has 1 saturated heterocycles. The van der Waals surface area contributed by atoms with E-state index in [-0.39, 0.29) is 28.6 Å². The van der Waals surface area contributed by atoms with Crippen LogP contribution in [0, 0.1) is 17.0 Å². The van der Waals surface area contributed by atoms with Crippen molar-refractivity contribution in [3.05, 3.63) is 61.5 Å². The van der Waals surface area contributed by atoms with Gasteiger partial charge in [-0.3, -0.25) is 14.9 Å². The number of amidine groups is 1. The average molecular weight is 434 g/mol. The highest BCUT2D eigenvalue weighted by Crippen LogP contribution is 2.41. The number of halogens is 1. The van der Waals surface area contributed by atoms with Crippen LogP contribution in [0.5, 0.6) is 11.5 Å². The first-order chi connectivity index (χ1) is 13.8. The molecule has 150 valence electrons. The molecular weight excluding hydrogens is 418 g/mol. The molecule has 8 nitrogen and oxygen atoms in total. The van der Waals surface area contributed by atoms with Crippen molar-refractivity contribution in [2.45, 2.75) is 13.8 Å². The van der Waals surface area contributed by atoms with Gasteiger partial charge in [0.1, 0.15) is 0 Å². The maximum Gasteiger partial charge on any atom is 0.322 e. The Morgan fingerprint density at radius 2 is 2.14 bits per heavy atom. The Labute approximate surface area is 175 Å². The number of nitrogens with zero attached hydrogens (tertiary/aromatic N) is 2. The number of hydrogen-bond acceptors (Lipinski definition) is 7. The summed E-state index contributed by atoms with van der Waals surface area (Å²) in [6.45, 7) is 3.65. The summed E-state index contributed by atoms with van der Waals surface area (Å²) in [6.07, 6.45) is 1.37. The largest absolute Gasteiger partial charge is 0.504 e. The van der Waals surface area contributed by atoms with Crippen molar-refractivity contribution in [1.82, 2.24) is 5.32 Å². The van der Waals surface area contributed by atoms with Crippen LogP contribution in [0.2, 0.25) is 5.02 Å². The van der Waals surface area contributed by atoms with Crippen LogP contribution in [-0.2, 0) is 4.79 Å². The molecule has 10 heteroatoms. The molecule has 3 rings (SSSR count). The standard InChI is InChI=1S/C19H16ClN3O5S/c1-3-28-17-14(24)7-5-11(16(17)23(26)27)8-15-18(25)22-19(29-15)21-12-6-4-10(2)13(20)9-12/h4-9,24H,3H2,1-2H3,(H,21,22,25)/b15-8+. The summed E-state index contributed by atoms with van der Waals surface area (Å²) in [5.41, 5.74) is 1.19. The lowest BCUT2D eigenvalue weighted by molar-refractivity contribution is -0.386. The zero-order chi connectivity index (χ0) is 21.1. The molecule has 1 aliphatic rings. The summed E-state index contributed by atoms with van der Waals surface area (Å²) >= 11 is 7.14. The third-order valence-electron chi connectivity index (χ3n) is 3.94. The molecule has 1 amide bonds. The number of aromatic hydroxyl groups is 1. The molecule has 0 bridgehead atoms. The summed E-state index contributed by atoms with van der Waals surface area (Å²) < 4.78 is 5.22. The Kier molecular flexibility index (Phi) is 6.09. The van der Waals surface area contributed by atoms with E-state index in [0.717, 1.165) is 17.3 Å². The molecule has 0 aromatic heterocycles. The van der Waals surface area contributed by atoms with Crippen LogP contribution >= 0.6 is 23.4 Å². The second kappa shape index (κ2) is 8.54. The molecule has 1 fully saturated rings. The van der Waals surface area contributed by atoms with E-state index in [1.165, 1.54) is 18.2 Å². The van der Waals surface area contributed by atoms with Crippen LogP contribution in [0.15, 0.2) is 40.2 Å². The molecule has 0 atom stereocenters. The predicted octanol–water partition coefficient (Wildman–Crippen LogP) is 4.55. The van der Waals surface area contributed by atoms with Gasteiger partial charge < -0.3 is 15.2 Å². The van der Waals surface area contributed by atoms with Gasteiger partial charge in [-0.25, -0.2) is 4.99 Å². The van der Waals surface area contributed by atoms with E-state index in [2.05, 4.69) is 10.3 Å². The molecule has 29 heavy (non-hydrogen) atoms. The minimum Gasteiger partial charge on any atom is -0.504 e. The van der Waals surface area contributed by atoms with Gasteiger partial charge in [-0.2, -0.15) is 0 Å². The number of nitrogens with one attached hydrogen (secondary N) is 1. The lowest BCUT2D eigenvalue weighted by Crippen LogP contribution is -2.19. The van der Waals surface area contributed by atoms with Crippen LogP contribution < -0.4 is 10.1 Å². The Hall–Kier alpha value is -3.04. The highest BCUT2D eigenvalue weighted by atomic mass is 35.5. The van der Waals surface area contributed by atoms with Crippen LogP contribution in [0.25, 0.3) is 6.08 Å². The number of phenols is 1. The van der Waals surface area contributed by atoms with Gasteiger partial charge in [0, 0.05) is 5.02 Å². The van der Waals surface area contributed by atoms with Crippen LogP contribution in [0.3, 0.4) is 0 Å². The number of nitro groups is 1. The normalized spacial score (nSPS) is 16.3. The molecule has 0 radical (unpaired) electrons. The lowest BCUT2D eigenvalue weighted by atomic mass is 10.1. The minimum atomic E-state index is -0.655. The van der Waals surface area contributed by atoms with Gasteiger partial charge in [0.25, 0.3) is 5.91 Å². The molecule has 0 unspecified atom stereocenters. The van der Waals surface area contributed by atoms with E-state index in [1.807, 2.05) is 13.0 Å². The number of ether oxygens (including phenoxy) is 1. The summed E-state index contributed by atoms with van der Waals surface area (Å²) in [7, 11) is 0. The first kappa shape index (κ1) is 20.7. The maximum atomic E-state index is 12.3. The fraction of sp³-hybridized carbons (Fsp3) is 0.158. The molecule has 1 aliphatic heterocycles. The predicted molar refractivity (Wildman–Crippen MR) is 113 cm³/mol. The van der Waals surface area contributed by atoms with E-state index in [0.29, 0.717) is 15.9 Å². The summed E-state index contributed by atoms with van der Waals surface area (Å²) in [5, 5.41) is 24.9. The lowest BCUT2D eigenvalue weighted by Gasteiger charge is -2.08. The zero-order valence-electron chi connectivity index (χ0n) is 15.4.